The van der Waals surface area contributed by atoms with Gasteiger partial charge in [-0.3, -0.25) is 4.79 Å². The fourth-order valence-corrected chi connectivity index (χ4v) is 4.05. The highest BCUT2D eigenvalue weighted by Crippen LogP contribution is 2.47. The van der Waals surface area contributed by atoms with Gasteiger partial charge in [-0.1, -0.05) is 13.8 Å². The second-order valence-corrected chi connectivity index (χ2v) is 8.33. The highest BCUT2D eigenvalue weighted by molar-refractivity contribution is 5.79. The lowest BCUT2D eigenvalue weighted by Gasteiger charge is -2.44. The Hall–Kier alpha value is -1.30. The molecule has 0 aromatic heterocycles. The van der Waals surface area contributed by atoms with E-state index < -0.39 is 11.3 Å². The van der Waals surface area contributed by atoms with Crippen LogP contribution in [0.1, 0.15) is 47.5 Å². The smallest absolute Gasteiger partial charge is 0.410 e. The topological polar surface area (TPSA) is 59.1 Å². The largest absolute Gasteiger partial charge is 0.444 e. The number of rotatable bonds is 1. The van der Waals surface area contributed by atoms with Crippen molar-refractivity contribution in [1.29, 1.82) is 0 Å². The molecule has 3 rings (SSSR count). The number of likely N-dealkylation sites (tertiary alicyclic amines) is 1. The predicted molar refractivity (Wildman–Crippen MR) is 84.7 cm³/mol. The van der Waals surface area contributed by atoms with E-state index in [-0.39, 0.29) is 24.0 Å². The molecule has 3 aliphatic heterocycles. The average molecular weight is 324 g/mol. The van der Waals surface area contributed by atoms with E-state index in [9.17, 15) is 9.59 Å². The maximum absolute atomic E-state index is 12.5. The Morgan fingerprint density at radius 1 is 1.39 bits per heavy atom. The molecular weight excluding hydrogens is 296 g/mol. The summed E-state index contributed by atoms with van der Waals surface area (Å²) >= 11 is 0. The fraction of sp³-hybridized carbons (Fsp3) is 0.882. The molecule has 0 saturated carbocycles. The SMILES string of the molecule is CC(C)[C@H]1CO[C@]23CN(C(=O)OC(C)(C)C)C[C@H]2CCC(=O)N13. The van der Waals surface area contributed by atoms with E-state index in [0.717, 1.165) is 6.42 Å². The molecule has 0 aromatic carbocycles. The molecule has 0 N–H and O–H groups in total. The van der Waals surface area contributed by atoms with Gasteiger partial charge in [-0.15, -0.1) is 0 Å². The van der Waals surface area contributed by atoms with Gasteiger partial charge in [0, 0.05) is 18.9 Å². The summed E-state index contributed by atoms with van der Waals surface area (Å²) < 4.78 is 11.7. The summed E-state index contributed by atoms with van der Waals surface area (Å²) in [6.07, 6.45) is 1.01. The van der Waals surface area contributed by atoms with E-state index in [4.69, 9.17) is 9.47 Å². The molecule has 6 heteroatoms. The van der Waals surface area contributed by atoms with Gasteiger partial charge in [0.05, 0.1) is 19.2 Å². The highest BCUT2D eigenvalue weighted by Gasteiger charge is 2.62. The first-order chi connectivity index (χ1) is 10.6. The summed E-state index contributed by atoms with van der Waals surface area (Å²) in [5.74, 6) is 0.674. The van der Waals surface area contributed by atoms with Gasteiger partial charge in [0.2, 0.25) is 5.91 Å². The zero-order chi connectivity index (χ0) is 17.0. The Morgan fingerprint density at radius 3 is 2.70 bits per heavy atom. The molecule has 0 aliphatic carbocycles. The van der Waals surface area contributed by atoms with Crippen LogP contribution in [-0.2, 0) is 14.3 Å². The van der Waals surface area contributed by atoms with Crippen molar-refractivity contribution >= 4 is 12.0 Å². The van der Waals surface area contributed by atoms with Gasteiger partial charge in [-0.05, 0) is 33.1 Å². The normalized spacial score (nSPS) is 33.9. The molecule has 130 valence electrons. The molecule has 3 atom stereocenters. The summed E-state index contributed by atoms with van der Waals surface area (Å²) in [6.45, 7) is 11.4. The lowest BCUT2D eigenvalue weighted by molar-refractivity contribution is -0.166. The zero-order valence-electron chi connectivity index (χ0n) is 14.8. The van der Waals surface area contributed by atoms with E-state index >= 15 is 0 Å². The minimum atomic E-state index is -0.638. The molecular formula is C17H28N2O4. The molecule has 0 radical (unpaired) electrons. The Kier molecular flexibility index (Phi) is 3.86. The molecule has 3 fully saturated rings. The van der Waals surface area contributed by atoms with Crippen LogP contribution in [0, 0.1) is 11.8 Å². The Morgan fingerprint density at radius 2 is 2.09 bits per heavy atom. The number of ether oxygens (including phenoxy) is 2. The van der Waals surface area contributed by atoms with E-state index in [1.54, 1.807) is 4.90 Å². The molecule has 1 spiro atoms. The first kappa shape index (κ1) is 16.6. The molecule has 6 nitrogen and oxygen atoms in total. The third-order valence-corrected chi connectivity index (χ3v) is 5.14. The van der Waals surface area contributed by atoms with Crippen LogP contribution < -0.4 is 0 Å². The third kappa shape index (κ3) is 2.71. The molecule has 0 unspecified atom stereocenters. The standard InChI is InChI=1S/C17H28N2O4/c1-11(2)13-9-22-17-10-18(15(21)23-16(3,4)5)8-12(17)6-7-14(20)19(13)17/h11-13H,6-10H2,1-5H3/t12-,13-,17-/m1/s1. The Bertz CT molecular complexity index is 513. The van der Waals surface area contributed by atoms with Crippen molar-refractivity contribution in [3.8, 4) is 0 Å². The van der Waals surface area contributed by atoms with Crippen LogP contribution in [0.3, 0.4) is 0 Å². The number of piperidine rings is 1. The van der Waals surface area contributed by atoms with Gasteiger partial charge in [0.15, 0.2) is 5.72 Å². The average Bonchev–Trinajstić information content (AvgIpc) is 2.97. The zero-order valence-corrected chi connectivity index (χ0v) is 14.8. The van der Waals surface area contributed by atoms with E-state index in [0.29, 0.717) is 32.0 Å². The van der Waals surface area contributed by atoms with Crippen molar-refractivity contribution in [3.05, 3.63) is 0 Å². The molecule has 3 aliphatic rings. The quantitative estimate of drug-likeness (QED) is 0.742. The van der Waals surface area contributed by atoms with Gasteiger partial charge >= 0.3 is 6.09 Å². The van der Waals surface area contributed by atoms with Gasteiger partial charge in [0.1, 0.15) is 5.60 Å². The summed E-state index contributed by atoms with van der Waals surface area (Å²) in [7, 11) is 0. The number of hydrogen-bond donors (Lipinski definition) is 0. The third-order valence-electron chi connectivity index (χ3n) is 5.14. The Labute approximate surface area is 138 Å². The van der Waals surface area contributed by atoms with Crippen LogP contribution in [0.5, 0.6) is 0 Å². The Balaban J connectivity index is 1.83. The van der Waals surface area contributed by atoms with Crippen LogP contribution in [0.2, 0.25) is 0 Å². The van der Waals surface area contributed by atoms with Crippen LogP contribution in [0.25, 0.3) is 0 Å². The number of carbonyl (C=O) groups is 2. The lowest BCUT2D eigenvalue weighted by atomic mass is 9.87. The molecule has 0 bridgehead atoms. The van der Waals surface area contributed by atoms with Gasteiger partial charge in [0.25, 0.3) is 0 Å². The van der Waals surface area contributed by atoms with Crippen LogP contribution in [-0.4, -0.2) is 58.9 Å². The number of carbonyl (C=O) groups excluding carboxylic acids is 2. The van der Waals surface area contributed by atoms with Gasteiger partial charge in [-0.2, -0.15) is 0 Å². The van der Waals surface area contributed by atoms with Gasteiger partial charge < -0.3 is 19.3 Å². The van der Waals surface area contributed by atoms with Crippen LogP contribution in [0.15, 0.2) is 0 Å². The predicted octanol–water partition coefficient (Wildman–Crippen LogP) is 2.23. The van der Waals surface area contributed by atoms with Crippen molar-refractivity contribution in [3.63, 3.8) is 0 Å². The molecule has 2 amide bonds. The van der Waals surface area contributed by atoms with Crippen molar-refractivity contribution in [2.45, 2.75) is 64.8 Å². The van der Waals surface area contributed by atoms with Gasteiger partial charge in [-0.25, -0.2) is 4.79 Å². The van der Waals surface area contributed by atoms with Crippen LogP contribution >= 0.6 is 0 Å². The van der Waals surface area contributed by atoms with E-state index in [1.165, 1.54) is 0 Å². The summed E-state index contributed by atoms with van der Waals surface area (Å²) in [5.41, 5.74) is -1.16. The fourth-order valence-electron chi connectivity index (χ4n) is 4.05. The minimum Gasteiger partial charge on any atom is -0.444 e. The van der Waals surface area contributed by atoms with Crippen molar-refractivity contribution < 1.29 is 19.1 Å². The monoisotopic (exact) mass is 324 g/mol. The van der Waals surface area contributed by atoms with Crippen molar-refractivity contribution in [1.82, 2.24) is 9.80 Å². The van der Waals surface area contributed by atoms with Crippen LogP contribution in [0.4, 0.5) is 4.79 Å². The maximum Gasteiger partial charge on any atom is 0.410 e. The summed E-state index contributed by atoms with van der Waals surface area (Å²) in [6, 6.07) is 0.101. The minimum absolute atomic E-state index is 0.101. The molecule has 3 heterocycles. The maximum atomic E-state index is 12.5. The lowest BCUT2D eigenvalue weighted by Crippen LogP contribution is -2.60. The molecule has 3 saturated heterocycles. The van der Waals surface area contributed by atoms with Crippen molar-refractivity contribution in [2.75, 3.05) is 19.7 Å². The highest BCUT2D eigenvalue weighted by atomic mass is 16.6. The number of nitrogens with zero attached hydrogens (tertiary/aromatic N) is 2. The van der Waals surface area contributed by atoms with Crippen molar-refractivity contribution in [2.24, 2.45) is 11.8 Å². The molecule has 0 aromatic rings. The number of hydrogen-bond acceptors (Lipinski definition) is 4. The number of amides is 2. The first-order valence-electron chi connectivity index (χ1n) is 8.58. The van der Waals surface area contributed by atoms with E-state index in [1.807, 2.05) is 25.7 Å². The summed E-state index contributed by atoms with van der Waals surface area (Å²) in [4.78, 5) is 28.6. The summed E-state index contributed by atoms with van der Waals surface area (Å²) in [5, 5.41) is 0. The second kappa shape index (κ2) is 5.36. The molecule has 23 heavy (non-hydrogen) atoms. The second-order valence-electron chi connectivity index (χ2n) is 8.33. The van der Waals surface area contributed by atoms with E-state index in [2.05, 4.69) is 13.8 Å². The first-order valence-corrected chi connectivity index (χ1v) is 8.58.